The Bertz CT molecular complexity index is 1070. The zero-order valence-corrected chi connectivity index (χ0v) is 19.3. The maximum absolute atomic E-state index is 13.4. The second-order valence-corrected chi connectivity index (χ2v) is 9.13. The van der Waals surface area contributed by atoms with E-state index in [9.17, 15) is 14.4 Å². The lowest BCUT2D eigenvalue weighted by atomic mass is 9.74. The number of rotatable bonds is 5. The number of amides is 1. The summed E-state index contributed by atoms with van der Waals surface area (Å²) in [4.78, 5) is 45.0. The van der Waals surface area contributed by atoms with Gasteiger partial charge in [0.2, 0.25) is 5.91 Å². The minimum Gasteiger partial charge on any atom is -0.488 e. The summed E-state index contributed by atoms with van der Waals surface area (Å²) < 4.78 is 12.5. The van der Waals surface area contributed by atoms with Gasteiger partial charge in [0.1, 0.15) is 17.9 Å². The number of nitrogens with zero attached hydrogens (tertiary/aromatic N) is 3. The third kappa shape index (κ3) is 4.79. The minimum atomic E-state index is -0.557. The van der Waals surface area contributed by atoms with Crippen LogP contribution in [0.4, 0.5) is 0 Å². The van der Waals surface area contributed by atoms with Crippen LogP contribution >= 0.6 is 0 Å². The molecular formula is C25H31N3O5. The topological polar surface area (TPSA) is 90.7 Å². The molecule has 176 valence electrons. The second kappa shape index (κ2) is 9.77. The maximum atomic E-state index is 13.4. The predicted octanol–water partition coefficient (Wildman–Crippen LogP) is 2.96. The molecule has 8 heteroatoms. The molecule has 0 bridgehead atoms. The number of aromatic nitrogens is 2. The molecule has 2 aromatic heterocycles. The van der Waals surface area contributed by atoms with Crippen LogP contribution in [0.3, 0.4) is 0 Å². The van der Waals surface area contributed by atoms with Crippen molar-refractivity contribution in [2.45, 2.75) is 58.6 Å². The van der Waals surface area contributed by atoms with Crippen LogP contribution in [0.1, 0.15) is 60.6 Å². The molecule has 1 fully saturated rings. The standard InChI is InChI=1S/C25H31N3O5/c1-25(9-4-3-5-10-25)24(31)27-12-8-19-22(23(30)32-2)20(15-21(29)28(19)14-13-27)33-17-18-7-6-11-26-16-18/h6-7,11,15-16H,3-5,8-10,12-14,17H2,1-2H3. The molecule has 1 aliphatic carbocycles. The van der Waals surface area contributed by atoms with Crippen LogP contribution in [0.25, 0.3) is 0 Å². The van der Waals surface area contributed by atoms with Crippen LogP contribution in [-0.4, -0.2) is 46.5 Å². The molecule has 8 nitrogen and oxygen atoms in total. The SMILES string of the molecule is COC(=O)c1c(OCc2cccnc2)cc(=O)n2c1CCN(C(=O)C1(C)CCCCC1)CC2. The second-order valence-electron chi connectivity index (χ2n) is 9.13. The van der Waals surface area contributed by atoms with Gasteiger partial charge in [0, 0.05) is 61.2 Å². The highest BCUT2D eigenvalue weighted by Crippen LogP contribution is 2.38. The van der Waals surface area contributed by atoms with E-state index in [0.717, 1.165) is 31.2 Å². The monoisotopic (exact) mass is 453 g/mol. The molecule has 1 aliphatic heterocycles. The summed E-state index contributed by atoms with van der Waals surface area (Å²) in [5.74, 6) is -0.212. The fourth-order valence-electron chi connectivity index (χ4n) is 4.96. The Morgan fingerprint density at radius 3 is 2.64 bits per heavy atom. The average Bonchev–Trinajstić information content (AvgIpc) is 3.06. The predicted molar refractivity (Wildman–Crippen MR) is 122 cm³/mol. The summed E-state index contributed by atoms with van der Waals surface area (Å²) in [6, 6.07) is 4.99. The average molecular weight is 454 g/mol. The first-order valence-corrected chi connectivity index (χ1v) is 11.6. The first kappa shape index (κ1) is 23.0. The van der Waals surface area contributed by atoms with Crippen LogP contribution < -0.4 is 10.3 Å². The van der Waals surface area contributed by atoms with Crippen molar-refractivity contribution in [2.24, 2.45) is 5.41 Å². The quantitative estimate of drug-likeness (QED) is 0.647. The Hall–Kier alpha value is -3.16. The number of esters is 1. The fraction of sp³-hybridized carbons (Fsp3) is 0.520. The fourth-order valence-corrected chi connectivity index (χ4v) is 4.96. The first-order chi connectivity index (χ1) is 15.9. The Morgan fingerprint density at radius 2 is 1.94 bits per heavy atom. The van der Waals surface area contributed by atoms with Gasteiger partial charge in [-0.15, -0.1) is 0 Å². The van der Waals surface area contributed by atoms with Crippen molar-refractivity contribution in [3.05, 3.63) is 57.8 Å². The van der Waals surface area contributed by atoms with E-state index in [4.69, 9.17) is 9.47 Å². The molecular weight excluding hydrogens is 422 g/mol. The first-order valence-electron chi connectivity index (χ1n) is 11.6. The van der Waals surface area contributed by atoms with Crippen LogP contribution in [0.15, 0.2) is 35.4 Å². The van der Waals surface area contributed by atoms with Crippen LogP contribution in [-0.2, 0) is 29.1 Å². The van der Waals surface area contributed by atoms with E-state index in [2.05, 4.69) is 11.9 Å². The van der Waals surface area contributed by atoms with Gasteiger partial charge in [-0.1, -0.05) is 32.3 Å². The molecule has 1 saturated carbocycles. The highest BCUT2D eigenvalue weighted by molar-refractivity contribution is 5.93. The molecule has 2 aromatic rings. The summed E-state index contributed by atoms with van der Waals surface area (Å²) in [5, 5.41) is 0. The van der Waals surface area contributed by atoms with Crippen LogP contribution in [0, 0.1) is 5.41 Å². The van der Waals surface area contributed by atoms with Crippen molar-refractivity contribution in [3.63, 3.8) is 0 Å². The molecule has 4 rings (SSSR count). The zero-order chi connectivity index (χ0) is 23.4. The third-order valence-corrected chi connectivity index (χ3v) is 6.86. The minimum absolute atomic E-state index is 0.149. The molecule has 0 radical (unpaired) electrons. The highest BCUT2D eigenvalue weighted by atomic mass is 16.5. The van der Waals surface area contributed by atoms with E-state index in [1.54, 1.807) is 23.0 Å². The number of hydrogen-bond acceptors (Lipinski definition) is 6. The number of carbonyl (C=O) groups is 2. The number of ether oxygens (including phenoxy) is 2. The van der Waals surface area contributed by atoms with Crippen molar-refractivity contribution < 1.29 is 19.1 Å². The molecule has 33 heavy (non-hydrogen) atoms. The van der Waals surface area contributed by atoms with Crippen LogP contribution in [0.2, 0.25) is 0 Å². The lowest BCUT2D eigenvalue weighted by Crippen LogP contribution is -2.44. The summed E-state index contributed by atoms with van der Waals surface area (Å²) in [6.07, 6.45) is 8.83. The van der Waals surface area contributed by atoms with Crippen molar-refractivity contribution in [3.8, 4) is 5.75 Å². The van der Waals surface area contributed by atoms with Gasteiger partial charge >= 0.3 is 5.97 Å². The van der Waals surface area contributed by atoms with Gasteiger partial charge in [0.15, 0.2) is 0 Å². The van der Waals surface area contributed by atoms with Crippen molar-refractivity contribution >= 4 is 11.9 Å². The largest absolute Gasteiger partial charge is 0.488 e. The highest BCUT2D eigenvalue weighted by Gasteiger charge is 2.38. The molecule has 3 heterocycles. The summed E-state index contributed by atoms with van der Waals surface area (Å²) in [7, 11) is 1.31. The van der Waals surface area contributed by atoms with E-state index >= 15 is 0 Å². The third-order valence-electron chi connectivity index (χ3n) is 6.86. The van der Waals surface area contributed by atoms with Gasteiger partial charge in [-0.25, -0.2) is 4.79 Å². The van der Waals surface area contributed by atoms with Crippen molar-refractivity contribution in [1.29, 1.82) is 0 Å². The summed E-state index contributed by atoms with van der Waals surface area (Å²) in [6.45, 7) is 3.46. The smallest absolute Gasteiger partial charge is 0.343 e. The molecule has 0 atom stereocenters. The van der Waals surface area contributed by atoms with Gasteiger partial charge in [0.05, 0.1) is 7.11 Å². The van der Waals surface area contributed by atoms with Crippen molar-refractivity contribution in [2.75, 3.05) is 20.2 Å². The molecule has 2 aliphatic rings. The van der Waals surface area contributed by atoms with E-state index in [1.807, 2.05) is 11.0 Å². The van der Waals surface area contributed by atoms with E-state index < -0.39 is 5.97 Å². The number of hydrogen-bond donors (Lipinski definition) is 0. The number of carbonyl (C=O) groups excluding carboxylic acids is 2. The van der Waals surface area contributed by atoms with Gasteiger partial charge < -0.3 is 18.9 Å². The Balaban J connectivity index is 1.62. The Labute approximate surface area is 193 Å². The number of pyridine rings is 2. The molecule has 0 aromatic carbocycles. The van der Waals surface area contributed by atoms with E-state index in [-0.39, 0.29) is 34.8 Å². The molecule has 0 spiro atoms. The number of methoxy groups -OCH3 is 1. The Morgan fingerprint density at radius 1 is 1.15 bits per heavy atom. The summed E-state index contributed by atoms with van der Waals surface area (Å²) in [5.41, 5.74) is 1.03. The lowest BCUT2D eigenvalue weighted by molar-refractivity contribution is -0.143. The van der Waals surface area contributed by atoms with Crippen LogP contribution in [0.5, 0.6) is 5.75 Å². The van der Waals surface area contributed by atoms with Gasteiger partial charge in [-0.2, -0.15) is 0 Å². The molecule has 0 unspecified atom stereocenters. The molecule has 1 amide bonds. The van der Waals surface area contributed by atoms with E-state index in [1.165, 1.54) is 19.6 Å². The van der Waals surface area contributed by atoms with E-state index in [0.29, 0.717) is 31.7 Å². The zero-order valence-electron chi connectivity index (χ0n) is 19.3. The maximum Gasteiger partial charge on any atom is 0.343 e. The number of fused-ring (bicyclic) bond motifs is 1. The van der Waals surface area contributed by atoms with Crippen molar-refractivity contribution in [1.82, 2.24) is 14.5 Å². The van der Waals surface area contributed by atoms with Gasteiger partial charge in [0.25, 0.3) is 5.56 Å². The van der Waals surface area contributed by atoms with Gasteiger partial charge in [-0.05, 0) is 18.9 Å². The summed E-state index contributed by atoms with van der Waals surface area (Å²) >= 11 is 0. The normalized spacial score (nSPS) is 17.6. The van der Waals surface area contributed by atoms with Gasteiger partial charge in [-0.3, -0.25) is 14.6 Å². The lowest BCUT2D eigenvalue weighted by Gasteiger charge is -2.36. The molecule has 0 saturated heterocycles. The Kier molecular flexibility index (Phi) is 6.81. The molecule has 0 N–H and O–H groups in total.